The molecule has 26 heavy (non-hydrogen) atoms. The molecule has 1 saturated heterocycles. The zero-order valence-corrected chi connectivity index (χ0v) is 15.6. The van der Waals surface area contributed by atoms with Crippen molar-refractivity contribution in [1.82, 2.24) is 19.5 Å². The Morgan fingerprint density at radius 1 is 1.27 bits per heavy atom. The van der Waals surface area contributed by atoms with Crippen LogP contribution in [0, 0.1) is 0 Å². The van der Waals surface area contributed by atoms with E-state index in [2.05, 4.69) is 36.0 Å². The average Bonchev–Trinajstić information content (AvgIpc) is 3.34. The van der Waals surface area contributed by atoms with E-state index < -0.39 is 6.10 Å². The van der Waals surface area contributed by atoms with E-state index in [1.165, 1.54) is 0 Å². The third-order valence-electron chi connectivity index (χ3n) is 4.93. The molecule has 7 heteroatoms. The highest BCUT2D eigenvalue weighted by molar-refractivity contribution is 7.07. The molecule has 0 bridgehead atoms. The molecule has 3 aromatic heterocycles. The van der Waals surface area contributed by atoms with Crippen LogP contribution in [0.5, 0.6) is 0 Å². The van der Waals surface area contributed by atoms with Gasteiger partial charge in [-0.15, -0.1) is 11.3 Å². The third-order valence-corrected chi connectivity index (χ3v) is 5.57. The van der Waals surface area contributed by atoms with Crippen molar-refractivity contribution in [3.8, 4) is 0 Å². The number of aliphatic hydroxyl groups is 1. The van der Waals surface area contributed by atoms with Gasteiger partial charge >= 0.3 is 0 Å². The molecular weight excluding hydrogens is 346 g/mol. The molecule has 1 fully saturated rings. The first kappa shape index (κ1) is 17.2. The van der Waals surface area contributed by atoms with Crippen molar-refractivity contribution < 1.29 is 5.11 Å². The lowest BCUT2D eigenvalue weighted by Crippen LogP contribution is -2.34. The quantitative estimate of drug-likeness (QED) is 0.748. The van der Waals surface area contributed by atoms with Crippen LogP contribution in [0.3, 0.4) is 0 Å². The summed E-state index contributed by atoms with van der Waals surface area (Å²) in [5.41, 5.74) is 3.69. The normalized spacial score (nSPS) is 16.8. The molecule has 0 aliphatic carbocycles. The largest absolute Gasteiger partial charge is 0.387 e. The topological polar surface area (TPSA) is 67.1 Å². The summed E-state index contributed by atoms with van der Waals surface area (Å²) < 4.78 is 2.22. The Bertz CT molecular complexity index is 837. The van der Waals surface area contributed by atoms with E-state index in [-0.39, 0.29) is 0 Å². The van der Waals surface area contributed by atoms with Crippen LogP contribution < -0.4 is 4.90 Å². The van der Waals surface area contributed by atoms with Crippen molar-refractivity contribution in [3.63, 3.8) is 0 Å². The fourth-order valence-corrected chi connectivity index (χ4v) is 4.07. The van der Waals surface area contributed by atoms with Crippen LogP contribution in [0.2, 0.25) is 0 Å². The molecule has 136 valence electrons. The Balaban J connectivity index is 1.43. The van der Waals surface area contributed by atoms with Gasteiger partial charge in [0.1, 0.15) is 11.6 Å². The summed E-state index contributed by atoms with van der Waals surface area (Å²) >= 11 is 1.63. The van der Waals surface area contributed by atoms with Crippen LogP contribution in [-0.4, -0.2) is 37.7 Å². The molecule has 0 spiro atoms. The standard InChI is InChI=1S/C19H23N5OS/c1-14(25)17-3-2-4-18(22-17)23-8-5-15(6-9-23)19-20-7-10-24(19)11-16-12-26-13-21-16/h2-4,7,10,12-15,25H,5-6,8-9,11H2,1H3. The van der Waals surface area contributed by atoms with Gasteiger partial charge in [0.05, 0.1) is 29.5 Å². The maximum Gasteiger partial charge on any atom is 0.128 e. The Hall–Kier alpha value is -2.25. The summed E-state index contributed by atoms with van der Waals surface area (Å²) in [5.74, 6) is 2.57. The molecule has 0 amide bonds. The van der Waals surface area contributed by atoms with Crippen molar-refractivity contribution >= 4 is 17.2 Å². The summed E-state index contributed by atoms with van der Waals surface area (Å²) in [6.07, 6.45) is 5.51. The number of aromatic nitrogens is 4. The van der Waals surface area contributed by atoms with Gasteiger partial charge in [-0.3, -0.25) is 0 Å². The number of rotatable bonds is 5. The molecule has 1 aliphatic rings. The second kappa shape index (κ2) is 7.55. The summed E-state index contributed by atoms with van der Waals surface area (Å²) in [4.78, 5) is 15.9. The Kier molecular flexibility index (Phi) is 4.99. The van der Waals surface area contributed by atoms with Crippen LogP contribution in [0.1, 0.15) is 49.0 Å². The van der Waals surface area contributed by atoms with E-state index in [4.69, 9.17) is 0 Å². The first-order chi connectivity index (χ1) is 12.7. The zero-order valence-electron chi connectivity index (χ0n) is 14.8. The summed E-state index contributed by atoms with van der Waals surface area (Å²) in [6.45, 7) is 4.44. The molecule has 0 aromatic carbocycles. The number of anilines is 1. The Morgan fingerprint density at radius 2 is 2.12 bits per heavy atom. The van der Waals surface area contributed by atoms with Crippen molar-refractivity contribution in [2.75, 3.05) is 18.0 Å². The number of hydrogen-bond donors (Lipinski definition) is 1. The average molecular weight is 369 g/mol. The van der Waals surface area contributed by atoms with Crippen molar-refractivity contribution in [2.45, 2.75) is 38.3 Å². The van der Waals surface area contributed by atoms with Gasteiger partial charge in [-0.25, -0.2) is 15.0 Å². The molecule has 4 rings (SSSR count). The summed E-state index contributed by atoms with van der Waals surface area (Å²) in [6, 6.07) is 5.86. The second-order valence-corrected chi connectivity index (χ2v) is 7.47. The van der Waals surface area contributed by atoms with Crippen molar-refractivity contribution in [3.05, 3.63) is 58.7 Å². The summed E-state index contributed by atoms with van der Waals surface area (Å²) in [7, 11) is 0. The molecule has 1 unspecified atom stereocenters. The molecule has 3 aromatic rings. The van der Waals surface area contributed by atoms with Gasteiger partial charge in [0.25, 0.3) is 0 Å². The van der Waals surface area contributed by atoms with E-state index in [1.54, 1.807) is 18.3 Å². The first-order valence-electron chi connectivity index (χ1n) is 8.99. The van der Waals surface area contributed by atoms with E-state index in [0.717, 1.165) is 55.5 Å². The van der Waals surface area contributed by atoms with E-state index in [9.17, 15) is 5.11 Å². The van der Waals surface area contributed by atoms with Crippen LogP contribution >= 0.6 is 11.3 Å². The Labute approximate surface area is 157 Å². The third kappa shape index (κ3) is 3.64. The van der Waals surface area contributed by atoms with Gasteiger partial charge in [-0.2, -0.15) is 0 Å². The number of imidazole rings is 1. The smallest absolute Gasteiger partial charge is 0.128 e. The van der Waals surface area contributed by atoms with Crippen molar-refractivity contribution in [2.24, 2.45) is 0 Å². The highest BCUT2D eigenvalue weighted by Crippen LogP contribution is 2.29. The maximum absolute atomic E-state index is 9.75. The molecule has 6 nitrogen and oxygen atoms in total. The van der Waals surface area contributed by atoms with E-state index in [0.29, 0.717) is 5.92 Å². The van der Waals surface area contributed by atoms with Gasteiger partial charge in [-0.1, -0.05) is 6.07 Å². The molecule has 0 radical (unpaired) electrons. The van der Waals surface area contributed by atoms with Gasteiger partial charge in [0, 0.05) is 36.8 Å². The number of thiazole rings is 1. The van der Waals surface area contributed by atoms with E-state index >= 15 is 0 Å². The SMILES string of the molecule is CC(O)c1cccc(N2CCC(c3nccn3Cc3cscn3)CC2)n1. The van der Waals surface area contributed by atoms with Crippen LogP contribution in [0.15, 0.2) is 41.5 Å². The van der Waals surface area contributed by atoms with Gasteiger partial charge in [0.15, 0.2) is 0 Å². The molecule has 0 saturated carbocycles. The van der Waals surface area contributed by atoms with Gasteiger partial charge < -0.3 is 14.6 Å². The first-order valence-corrected chi connectivity index (χ1v) is 9.93. The highest BCUT2D eigenvalue weighted by atomic mass is 32.1. The molecule has 1 atom stereocenters. The summed E-state index contributed by atoms with van der Waals surface area (Å²) in [5, 5.41) is 11.8. The minimum absolute atomic E-state index is 0.458. The van der Waals surface area contributed by atoms with Crippen LogP contribution in [0.4, 0.5) is 5.82 Å². The number of hydrogen-bond acceptors (Lipinski definition) is 6. The second-order valence-electron chi connectivity index (χ2n) is 6.75. The zero-order chi connectivity index (χ0) is 17.9. The maximum atomic E-state index is 9.75. The fourth-order valence-electron chi connectivity index (χ4n) is 3.52. The van der Waals surface area contributed by atoms with E-state index in [1.807, 2.05) is 29.9 Å². The molecule has 4 heterocycles. The predicted molar refractivity (Wildman–Crippen MR) is 103 cm³/mol. The van der Waals surface area contributed by atoms with Crippen molar-refractivity contribution in [1.29, 1.82) is 0 Å². The lowest BCUT2D eigenvalue weighted by atomic mass is 9.96. The lowest BCUT2D eigenvalue weighted by molar-refractivity contribution is 0.194. The predicted octanol–water partition coefficient (Wildman–Crippen LogP) is 3.22. The Morgan fingerprint density at radius 3 is 2.85 bits per heavy atom. The fraction of sp³-hybridized carbons (Fsp3) is 0.421. The number of pyridine rings is 1. The minimum atomic E-state index is -0.536. The number of aliphatic hydroxyl groups excluding tert-OH is 1. The molecule has 1 aliphatic heterocycles. The van der Waals surface area contributed by atoms with Gasteiger partial charge in [-0.05, 0) is 31.9 Å². The highest BCUT2D eigenvalue weighted by Gasteiger charge is 2.25. The number of piperidine rings is 1. The van der Waals surface area contributed by atoms with Gasteiger partial charge in [0.2, 0.25) is 0 Å². The van der Waals surface area contributed by atoms with Crippen LogP contribution in [0.25, 0.3) is 0 Å². The van der Waals surface area contributed by atoms with Crippen LogP contribution in [-0.2, 0) is 6.54 Å². The minimum Gasteiger partial charge on any atom is -0.387 e. The monoisotopic (exact) mass is 369 g/mol. The number of nitrogens with zero attached hydrogens (tertiary/aromatic N) is 5. The molecular formula is C19H23N5OS. The lowest BCUT2D eigenvalue weighted by Gasteiger charge is -2.33. The molecule has 1 N–H and O–H groups in total.